The third-order valence-corrected chi connectivity index (χ3v) is 6.20. The second-order valence-corrected chi connectivity index (χ2v) is 9.18. The molecule has 0 radical (unpaired) electrons. The largest absolute Gasteiger partial charge is 0.325 e. The van der Waals surface area contributed by atoms with E-state index in [0.717, 1.165) is 33.7 Å². The van der Waals surface area contributed by atoms with Crippen molar-refractivity contribution < 1.29 is 4.79 Å². The zero-order valence-electron chi connectivity index (χ0n) is 16.1. The van der Waals surface area contributed by atoms with E-state index >= 15 is 0 Å². The molecule has 3 aromatic carbocycles. The van der Waals surface area contributed by atoms with Crippen molar-refractivity contribution in [1.82, 2.24) is 5.32 Å². The molecule has 2 N–H and O–H groups in total. The van der Waals surface area contributed by atoms with Crippen LogP contribution in [0.5, 0.6) is 0 Å². The Hall–Kier alpha value is -2.56. The van der Waals surface area contributed by atoms with Crippen LogP contribution in [0.3, 0.4) is 0 Å². The Morgan fingerprint density at radius 3 is 1.89 bits per heavy atom. The van der Waals surface area contributed by atoms with Gasteiger partial charge in [0.15, 0.2) is 0 Å². The molecule has 1 saturated heterocycles. The van der Waals surface area contributed by atoms with Gasteiger partial charge in [-0.1, -0.05) is 60.7 Å². The summed E-state index contributed by atoms with van der Waals surface area (Å²) >= 11 is 1.77. The quantitative estimate of drug-likeness (QED) is 0.629. The Kier molecular flexibility index (Phi) is 5.25. The van der Waals surface area contributed by atoms with E-state index in [9.17, 15) is 4.79 Å². The van der Waals surface area contributed by atoms with Crippen molar-refractivity contribution in [2.45, 2.75) is 24.8 Å². The molecule has 1 fully saturated rings. The van der Waals surface area contributed by atoms with E-state index in [2.05, 4.69) is 54.8 Å². The van der Waals surface area contributed by atoms with Gasteiger partial charge in [-0.15, -0.1) is 11.8 Å². The molecule has 1 heterocycles. The number of carbonyl (C=O) groups excluding carboxylic acids is 1. The predicted molar refractivity (Wildman–Crippen MR) is 119 cm³/mol. The minimum Gasteiger partial charge on any atom is -0.325 e. The Morgan fingerprint density at radius 2 is 1.43 bits per heavy atom. The predicted octanol–water partition coefficient (Wildman–Crippen LogP) is 5.40. The maximum atomic E-state index is 12.8. The number of carbonyl (C=O) groups is 1. The number of anilines is 1. The smallest absolute Gasteiger partial charge is 0.242 e. The molecule has 3 aromatic rings. The van der Waals surface area contributed by atoms with Gasteiger partial charge in [0.2, 0.25) is 5.91 Å². The topological polar surface area (TPSA) is 41.1 Å². The maximum Gasteiger partial charge on any atom is 0.242 e. The first kappa shape index (κ1) is 18.8. The van der Waals surface area contributed by atoms with Crippen molar-refractivity contribution >= 4 is 23.4 Å². The third kappa shape index (κ3) is 4.29. The van der Waals surface area contributed by atoms with Gasteiger partial charge in [0.25, 0.3) is 0 Å². The number of amides is 1. The second kappa shape index (κ2) is 7.82. The molecule has 1 aliphatic heterocycles. The lowest BCUT2D eigenvalue weighted by Gasteiger charge is -2.19. The summed E-state index contributed by atoms with van der Waals surface area (Å²) in [6, 6.07) is 26.6. The maximum absolute atomic E-state index is 12.8. The highest BCUT2D eigenvalue weighted by atomic mass is 32.2. The van der Waals surface area contributed by atoms with E-state index < -0.39 is 0 Å². The molecule has 1 aliphatic rings. The molecule has 0 aliphatic carbocycles. The molecule has 4 heteroatoms. The lowest BCUT2D eigenvalue weighted by Crippen LogP contribution is -2.43. The van der Waals surface area contributed by atoms with Crippen molar-refractivity contribution in [2.24, 2.45) is 0 Å². The van der Waals surface area contributed by atoms with Crippen LogP contribution in [0.15, 0.2) is 78.9 Å². The number of rotatable bonds is 4. The molecule has 4 rings (SSSR count). The number of hydrogen-bond acceptors (Lipinski definition) is 3. The zero-order chi connectivity index (χ0) is 19.6. The fourth-order valence-corrected chi connectivity index (χ4v) is 4.50. The standard InChI is InChI=1S/C24H24N2OS/c1-24(2)26-22(16-28-24)23(27)25-21-14-19(17-9-5-3-6-10-17)13-20(15-21)18-11-7-4-8-12-18/h3-15,22,26H,16H2,1-2H3,(H,25,27)/t22-/m0/s1. The van der Waals surface area contributed by atoms with Gasteiger partial charge in [-0.3, -0.25) is 10.1 Å². The minimum absolute atomic E-state index is 0.0160. The van der Waals surface area contributed by atoms with Gasteiger partial charge in [-0.05, 0) is 54.3 Å². The molecule has 0 unspecified atom stereocenters. The van der Waals surface area contributed by atoms with Crippen LogP contribution < -0.4 is 10.6 Å². The molecule has 3 nitrogen and oxygen atoms in total. The zero-order valence-corrected chi connectivity index (χ0v) is 16.9. The summed E-state index contributed by atoms with van der Waals surface area (Å²) in [6.07, 6.45) is 0. The van der Waals surface area contributed by atoms with Crippen molar-refractivity contribution in [3.05, 3.63) is 78.9 Å². The monoisotopic (exact) mass is 388 g/mol. The fourth-order valence-electron chi connectivity index (χ4n) is 3.46. The van der Waals surface area contributed by atoms with E-state index in [0.29, 0.717) is 0 Å². The molecule has 0 bridgehead atoms. The Balaban J connectivity index is 1.67. The molecule has 0 aromatic heterocycles. The molecule has 0 saturated carbocycles. The lowest BCUT2D eigenvalue weighted by molar-refractivity contribution is -0.117. The number of nitrogens with one attached hydrogen (secondary N) is 2. The molecule has 142 valence electrons. The molecule has 28 heavy (non-hydrogen) atoms. The van der Waals surface area contributed by atoms with E-state index in [1.807, 2.05) is 48.5 Å². The minimum atomic E-state index is -0.180. The van der Waals surface area contributed by atoms with Crippen molar-refractivity contribution in [1.29, 1.82) is 0 Å². The van der Waals surface area contributed by atoms with Gasteiger partial charge < -0.3 is 5.32 Å². The van der Waals surface area contributed by atoms with Crippen LogP contribution in [-0.4, -0.2) is 22.6 Å². The van der Waals surface area contributed by atoms with Crippen molar-refractivity contribution in [3.8, 4) is 22.3 Å². The van der Waals surface area contributed by atoms with Crippen LogP contribution in [0.25, 0.3) is 22.3 Å². The number of hydrogen-bond donors (Lipinski definition) is 2. The van der Waals surface area contributed by atoms with Crippen LogP contribution >= 0.6 is 11.8 Å². The Morgan fingerprint density at radius 1 is 0.893 bits per heavy atom. The summed E-state index contributed by atoms with van der Waals surface area (Å²) in [4.78, 5) is 12.7. The summed E-state index contributed by atoms with van der Waals surface area (Å²) in [5.41, 5.74) is 5.26. The van der Waals surface area contributed by atoms with Crippen LogP contribution in [-0.2, 0) is 4.79 Å². The molecule has 0 spiro atoms. The third-order valence-electron chi connectivity index (χ3n) is 4.86. The highest BCUT2D eigenvalue weighted by molar-refractivity contribution is 8.00. The number of thioether (sulfide) groups is 1. The summed E-state index contributed by atoms with van der Waals surface area (Å²) in [7, 11) is 0. The van der Waals surface area contributed by atoms with Gasteiger partial charge in [-0.25, -0.2) is 0 Å². The summed E-state index contributed by atoms with van der Waals surface area (Å²) < 4.78 is 0. The Labute approximate surface area is 170 Å². The second-order valence-electron chi connectivity index (χ2n) is 7.54. The van der Waals surface area contributed by atoms with Crippen LogP contribution in [0.1, 0.15) is 13.8 Å². The van der Waals surface area contributed by atoms with Gasteiger partial charge in [0, 0.05) is 11.4 Å². The summed E-state index contributed by atoms with van der Waals surface area (Å²) in [5, 5.41) is 6.52. The van der Waals surface area contributed by atoms with Crippen molar-refractivity contribution in [2.75, 3.05) is 11.1 Å². The first-order valence-corrected chi connectivity index (χ1v) is 10.5. The molecule has 1 atom stereocenters. The van der Waals surface area contributed by atoms with Crippen LogP contribution in [0.2, 0.25) is 0 Å². The average molecular weight is 389 g/mol. The fraction of sp³-hybridized carbons (Fsp3) is 0.208. The van der Waals surface area contributed by atoms with Gasteiger partial charge in [0.1, 0.15) is 0 Å². The number of benzene rings is 3. The molecule has 1 amide bonds. The highest BCUT2D eigenvalue weighted by Crippen LogP contribution is 2.32. The Bertz CT molecular complexity index is 913. The van der Waals surface area contributed by atoms with E-state index in [-0.39, 0.29) is 16.8 Å². The van der Waals surface area contributed by atoms with Gasteiger partial charge >= 0.3 is 0 Å². The SMILES string of the molecule is CC1(C)N[C@H](C(=O)Nc2cc(-c3ccccc3)cc(-c3ccccc3)c2)CS1. The lowest BCUT2D eigenvalue weighted by atomic mass is 9.98. The summed E-state index contributed by atoms with van der Waals surface area (Å²) in [5.74, 6) is 0.797. The van der Waals surface area contributed by atoms with Gasteiger partial charge in [-0.2, -0.15) is 0 Å². The first-order valence-electron chi connectivity index (χ1n) is 9.49. The molecular weight excluding hydrogens is 364 g/mol. The van der Waals surface area contributed by atoms with Gasteiger partial charge in [0.05, 0.1) is 10.9 Å². The van der Waals surface area contributed by atoms with Crippen LogP contribution in [0, 0.1) is 0 Å². The van der Waals surface area contributed by atoms with Crippen LogP contribution in [0.4, 0.5) is 5.69 Å². The van der Waals surface area contributed by atoms with E-state index in [1.54, 1.807) is 11.8 Å². The molecular formula is C24H24N2OS. The van der Waals surface area contributed by atoms with E-state index in [1.165, 1.54) is 0 Å². The highest BCUT2D eigenvalue weighted by Gasteiger charge is 2.34. The normalized spacial score (nSPS) is 18.0. The summed E-state index contributed by atoms with van der Waals surface area (Å²) in [6.45, 7) is 4.21. The van der Waals surface area contributed by atoms with Crippen molar-refractivity contribution in [3.63, 3.8) is 0 Å². The average Bonchev–Trinajstić information content (AvgIpc) is 3.09. The first-order chi connectivity index (χ1) is 13.5. The van der Waals surface area contributed by atoms with E-state index in [4.69, 9.17) is 0 Å².